The van der Waals surface area contributed by atoms with Crippen LogP contribution < -0.4 is 35.6 Å². The first-order valence-corrected chi connectivity index (χ1v) is 16.4. The van der Waals surface area contributed by atoms with Gasteiger partial charge in [-0.1, -0.05) is 38.5 Å². The van der Waals surface area contributed by atoms with E-state index >= 15 is 0 Å². The maximum atomic E-state index is 13.6. The third kappa shape index (κ3) is 7.25. The summed E-state index contributed by atoms with van der Waals surface area (Å²) in [5, 5.41) is 9.44. The number of amides is 2. The molecule has 1 aromatic heterocycles. The summed E-state index contributed by atoms with van der Waals surface area (Å²) in [6.45, 7) is 6.08. The van der Waals surface area contributed by atoms with E-state index in [-0.39, 0.29) is 35.6 Å². The summed E-state index contributed by atoms with van der Waals surface area (Å²) >= 11 is 0. The van der Waals surface area contributed by atoms with E-state index in [0.29, 0.717) is 54.3 Å². The van der Waals surface area contributed by atoms with Crippen LogP contribution in [-0.2, 0) is 16.0 Å². The highest BCUT2D eigenvalue weighted by molar-refractivity contribution is 5.84. The molecule has 1 aliphatic carbocycles. The van der Waals surface area contributed by atoms with Crippen molar-refractivity contribution in [2.75, 3.05) is 33.2 Å². The zero-order valence-electron chi connectivity index (χ0n) is 28.5. The standard InChI is InChI=1S/C37H45N5O6/c1-7-21(2)34(37-40-27-11-8-9-12-28(27)41-37)42-32(45)13-10-18-38-29-17-15-24-25(20-30(29)44)26(39-22(3)43)16-14-23-19-31(46-4)35(47-5)36(48-6)33(23)24/h8-9,11-12,15,17,19-21,26,34H,7,10,13-14,16,18H2,1-6H3,(H,38,44)(H,39,43)(H,40,41)(H,42,45)/t21-,26-,34-/m1/s1. The van der Waals surface area contributed by atoms with Crippen molar-refractivity contribution in [3.8, 4) is 28.4 Å². The first-order valence-electron chi connectivity index (χ1n) is 16.4. The number of H-pyrrole nitrogens is 1. The number of anilines is 1. The fourth-order valence-corrected chi connectivity index (χ4v) is 6.41. The fourth-order valence-electron chi connectivity index (χ4n) is 6.41. The van der Waals surface area contributed by atoms with E-state index in [1.807, 2.05) is 36.4 Å². The van der Waals surface area contributed by atoms with Crippen LogP contribution in [0.4, 0.5) is 5.69 Å². The van der Waals surface area contributed by atoms with Crippen LogP contribution in [0.5, 0.6) is 17.2 Å². The molecule has 4 aromatic rings. The summed E-state index contributed by atoms with van der Waals surface area (Å²) in [6.07, 6.45) is 2.86. The van der Waals surface area contributed by atoms with Crippen molar-refractivity contribution in [1.82, 2.24) is 20.6 Å². The summed E-state index contributed by atoms with van der Waals surface area (Å²) in [5.74, 6) is 2.14. The second-order valence-corrected chi connectivity index (χ2v) is 12.2. The van der Waals surface area contributed by atoms with Gasteiger partial charge in [-0.3, -0.25) is 14.4 Å². The molecule has 4 N–H and O–H groups in total. The van der Waals surface area contributed by atoms with Gasteiger partial charge in [-0.25, -0.2) is 4.98 Å². The second-order valence-electron chi connectivity index (χ2n) is 12.2. The van der Waals surface area contributed by atoms with Gasteiger partial charge in [0, 0.05) is 25.5 Å². The van der Waals surface area contributed by atoms with Gasteiger partial charge in [-0.2, -0.15) is 0 Å². The van der Waals surface area contributed by atoms with E-state index in [2.05, 4.69) is 34.8 Å². The van der Waals surface area contributed by atoms with Crippen LogP contribution in [0.1, 0.15) is 75.5 Å². The molecule has 254 valence electrons. The minimum absolute atomic E-state index is 0.0820. The van der Waals surface area contributed by atoms with Gasteiger partial charge in [0.2, 0.25) is 23.0 Å². The van der Waals surface area contributed by atoms with E-state index in [1.165, 1.54) is 6.92 Å². The molecule has 0 unspecified atom stereocenters. The van der Waals surface area contributed by atoms with E-state index in [1.54, 1.807) is 33.5 Å². The summed E-state index contributed by atoms with van der Waals surface area (Å²) < 4.78 is 17.1. The zero-order chi connectivity index (χ0) is 34.4. The lowest BCUT2D eigenvalue weighted by atomic mass is 9.95. The molecule has 0 saturated heterocycles. The van der Waals surface area contributed by atoms with Gasteiger partial charge < -0.3 is 35.1 Å². The Morgan fingerprint density at radius 2 is 1.81 bits per heavy atom. The number of carbonyl (C=O) groups is 2. The lowest BCUT2D eigenvalue weighted by Gasteiger charge is -2.22. The number of para-hydroxylation sites is 2. The predicted octanol–water partition coefficient (Wildman–Crippen LogP) is 5.84. The average molecular weight is 656 g/mol. The van der Waals surface area contributed by atoms with Crippen LogP contribution in [0.15, 0.2) is 53.3 Å². The number of aromatic nitrogens is 2. The van der Waals surface area contributed by atoms with Gasteiger partial charge in [-0.15, -0.1) is 0 Å². The van der Waals surface area contributed by atoms with E-state index in [0.717, 1.165) is 40.0 Å². The molecule has 0 radical (unpaired) electrons. The summed E-state index contributed by atoms with van der Waals surface area (Å²) in [6, 6.07) is 14.3. The molecule has 0 aliphatic heterocycles. The highest BCUT2D eigenvalue weighted by Crippen LogP contribution is 2.50. The topological polar surface area (TPSA) is 144 Å². The van der Waals surface area contributed by atoms with E-state index in [4.69, 9.17) is 19.2 Å². The Morgan fingerprint density at radius 3 is 2.50 bits per heavy atom. The normalized spacial score (nSPS) is 14.9. The van der Waals surface area contributed by atoms with Gasteiger partial charge in [0.25, 0.3) is 0 Å². The number of imidazole rings is 1. The molecular formula is C37H45N5O6. The molecule has 11 nitrogen and oxygen atoms in total. The Bertz CT molecular complexity index is 1820. The molecule has 2 amide bonds. The minimum Gasteiger partial charge on any atom is -0.493 e. The Kier molecular flexibility index (Phi) is 10.9. The van der Waals surface area contributed by atoms with Crippen LogP contribution in [0.3, 0.4) is 0 Å². The van der Waals surface area contributed by atoms with Crippen LogP contribution in [0.25, 0.3) is 22.2 Å². The van der Waals surface area contributed by atoms with Crippen molar-refractivity contribution in [2.45, 2.75) is 65.0 Å². The number of fused-ring (bicyclic) bond motifs is 4. The number of ether oxygens (including phenoxy) is 3. The largest absolute Gasteiger partial charge is 0.493 e. The number of nitrogens with one attached hydrogen (secondary N) is 4. The smallest absolute Gasteiger partial charge is 0.220 e. The fraction of sp³-hybridized carbons (Fsp3) is 0.405. The molecule has 3 atom stereocenters. The van der Waals surface area contributed by atoms with Crippen LogP contribution in [0, 0.1) is 5.92 Å². The Hall–Kier alpha value is -5.06. The minimum atomic E-state index is -0.395. The lowest BCUT2D eigenvalue weighted by molar-refractivity contribution is -0.122. The molecule has 1 heterocycles. The van der Waals surface area contributed by atoms with Crippen molar-refractivity contribution >= 4 is 28.5 Å². The lowest BCUT2D eigenvalue weighted by Crippen LogP contribution is -2.33. The number of rotatable bonds is 13. The third-order valence-corrected chi connectivity index (χ3v) is 9.04. The molecule has 48 heavy (non-hydrogen) atoms. The second kappa shape index (κ2) is 15.2. The first-order chi connectivity index (χ1) is 23.2. The molecule has 11 heteroatoms. The number of carbonyl (C=O) groups excluding carboxylic acids is 2. The van der Waals surface area contributed by atoms with Crippen molar-refractivity contribution in [3.63, 3.8) is 0 Å². The Labute approximate surface area is 280 Å². The number of aryl methyl sites for hydroxylation is 1. The third-order valence-electron chi connectivity index (χ3n) is 9.04. The Balaban J connectivity index is 1.36. The van der Waals surface area contributed by atoms with Gasteiger partial charge >= 0.3 is 0 Å². The molecule has 0 fully saturated rings. The molecule has 1 aliphatic rings. The number of hydrogen-bond donors (Lipinski definition) is 4. The van der Waals surface area contributed by atoms with Crippen LogP contribution in [-0.4, -0.2) is 49.7 Å². The molecular weight excluding hydrogens is 610 g/mol. The van der Waals surface area contributed by atoms with Crippen molar-refractivity contribution < 1.29 is 23.8 Å². The van der Waals surface area contributed by atoms with Crippen molar-refractivity contribution in [2.24, 2.45) is 5.92 Å². The highest BCUT2D eigenvalue weighted by Gasteiger charge is 2.29. The summed E-state index contributed by atoms with van der Waals surface area (Å²) in [4.78, 5) is 47.0. The molecule has 0 bridgehead atoms. The summed E-state index contributed by atoms with van der Waals surface area (Å²) in [5.41, 5.74) is 5.16. The SMILES string of the molecule is CC[C@@H](C)[C@@H](NC(=O)CCCNc1ccc2c(cc1=O)[C@H](NC(C)=O)CCc1cc(OC)c(OC)c(OC)c1-2)c1nc2ccccc2[nH]1. The number of hydrogen-bond acceptors (Lipinski definition) is 8. The van der Waals surface area contributed by atoms with Crippen LogP contribution >= 0.6 is 0 Å². The number of benzene rings is 2. The first kappa shape index (κ1) is 34.3. The van der Waals surface area contributed by atoms with Gasteiger partial charge in [-0.05, 0) is 72.2 Å². The van der Waals surface area contributed by atoms with Gasteiger partial charge in [0.15, 0.2) is 11.5 Å². The van der Waals surface area contributed by atoms with Crippen molar-refractivity contribution in [3.05, 3.63) is 75.7 Å². The monoisotopic (exact) mass is 655 g/mol. The number of nitrogens with zero attached hydrogens (tertiary/aromatic N) is 1. The molecule has 0 saturated carbocycles. The maximum absolute atomic E-state index is 13.6. The molecule has 0 spiro atoms. The molecule has 3 aromatic carbocycles. The zero-order valence-corrected chi connectivity index (χ0v) is 28.5. The quantitative estimate of drug-likeness (QED) is 0.132. The van der Waals surface area contributed by atoms with Crippen LogP contribution in [0.2, 0.25) is 0 Å². The highest BCUT2D eigenvalue weighted by atomic mass is 16.5. The van der Waals surface area contributed by atoms with Crippen molar-refractivity contribution in [1.29, 1.82) is 0 Å². The van der Waals surface area contributed by atoms with Gasteiger partial charge in [0.05, 0.1) is 50.1 Å². The Morgan fingerprint density at radius 1 is 1.04 bits per heavy atom. The predicted molar refractivity (Wildman–Crippen MR) is 187 cm³/mol. The number of aromatic amines is 1. The number of methoxy groups -OCH3 is 3. The molecule has 5 rings (SSSR count). The maximum Gasteiger partial charge on any atom is 0.220 e. The summed E-state index contributed by atoms with van der Waals surface area (Å²) in [7, 11) is 4.70. The average Bonchev–Trinajstić information content (AvgIpc) is 3.38. The van der Waals surface area contributed by atoms with E-state index < -0.39 is 6.04 Å². The van der Waals surface area contributed by atoms with E-state index in [9.17, 15) is 14.4 Å². The van der Waals surface area contributed by atoms with Gasteiger partial charge in [0.1, 0.15) is 5.82 Å².